The highest BCUT2D eigenvalue weighted by molar-refractivity contribution is 6.21. The number of hydrogen-bond donors (Lipinski definition) is 1. The summed E-state index contributed by atoms with van der Waals surface area (Å²) in [6, 6.07) is -0.587. The third-order valence-corrected chi connectivity index (χ3v) is 0.987. The first-order chi connectivity index (χ1) is 4.74. The highest BCUT2D eigenvalue weighted by atomic mass is 16.2. The molecule has 1 aliphatic heterocycles. The first-order valence-electron chi connectivity index (χ1n) is 2.56. The molecule has 0 aromatic rings. The van der Waals surface area contributed by atoms with Crippen LogP contribution in [-0.4, -0.2) is 18.1 Å². The molecule has 0 aromatic carbocycles. The zero-order chi connectivity index (χ0) is 7.56. The fourth-order valence-electron chi connectivity index (χ4n) is 0.514. The SMILES string of the molecule is C=C=C1C=NC(=O)N=C1N. The molecule has 1 aliphatic rings. The van der Waals surface area contributed by atoms with Crippen LogP contribution in [0.5, 0.6) is 0 Å². The predicted octanol–water partition coefficient (Wildman–Crippen LogP) is 0.259. The molecule has 1 heterocycles. The number of amides is 2. The van der Waals surface area contributed by atoms with E-state index >= 15 is 0 Å². The molecule has 0 bridgehead atoms. The van der Waals surface area contributed by atoms with E-state index in [2.05, 4.69) is 22.3 Å². The molecule has 0 atom stereocenters. The molecule has 0 spiro atoms. The van der Waals surface area contributed by atoms with Crippen LogP contribution in [0.1, 0.15) is 0 Å². The van der Waals surface area contributed by atoms with E-state index in [9.17, 15) is 4.79 Å². The van der Waals surface area contributed by atoms with Crippen LogP contribution in [-0.2, 0) is 0 Å². The summed E-state index contributed by atoms with van der Waals surface area (Å²) >= 11 is 0. The van der Waals surface area contributed by atoms with Crippen molar-refractivity contribution in [2.75, 3.05) is 0 Å². The lowest BCUT2D eigenvalue weighted by molar-refractivity contribution is 0.257. The van der Waals surface area contributed by atoms with Crippen molar-refractivity contribution in [1.82, 2.24) is 0 Å². The van der Waals surface area contributed by atoms with Crippen LogP contribution in [0.25, 0.3) is 0 Å². The van der Waals surface area contributed by atoms with Gasteiger partial charge < -0.3 is 5.73 Å². The summed E-state index contributed by atoms with van der Waals surface area (Å²) in [5.41, 5.74) is 8.22. The topological polar surface area (TPSA) is 67.8 Å². The van der Waals surface area contributed by atoms with Crippen molar-refractivity contribution in [3.05, 3.63) is 17.9 Å². The maximum absolute atomic E-state index is 10.4. The van der Waals surface area contributed by atoms with Gasteiger partial charge in [-0.3, -0.25) is 0 Å². The van der Waals surface area contributed by atoms with Gasteiger partial charge in [0.05, 0.1) is 11.8 Å². The van der Waals surface area contributed by atoms with Gasteiger partial charge in [0.15, 0.2) is 0 Å². The highest BCUT2D eigenvalue weighted by Crippen LogP contribution is 1.96. The second-order valence-corrected chi connectivity index (χ2v) is 1.63. The zero-order valence-corrected chi connectivity index (χ0v) is 5.16. The van der Waals surface area contributed by atoms with E-state index in [4.69, 9.17) is 5.73 Å². The Morgan fingerprint density at radius 1 is 1.70 bits per heavy atom. The molecule has 2 N–H and O–H groups in total. The number of aliphatic imine (C=N–C) groups is 2. The third-order valence-electron chi connectivity index (χ3n) is 0.987. The standard InChI is InChI=1S/C6H5N3O/c1-2-4-3-8-6(10)9-5(4)7/h3H,1H2,(H2,7,9,10). The van der Waals surface area contributed by atoms with Gasteiger partial charge in [-0.25, -0.2) is 4.79 Å². The minimum atomic E-state index is -0.587. The minimum absolute atomic E-state index is 0.120. The number of hydrogen-bond acceptors (Lipinski definition) is 2. The van der Waals surface area contributed by atoms with E-state index in [-0.39, 0.29) is 5.84 Å². The lowest BCUT2D eigenvalue weighted by Crippen LogP contribution is -2.20. The van der Waals surface area contributed by atoms with Crippen LogP contribution in [0.4, 0.5) is 4.79 Å². The van der Waals surface area contributed by atoms with Crippen molar-refractivity contribution in [2.24, 2.45) is 15.7 Å². The van der Waals surface area contributed by atoms with Crippen molar-refractivity contribution >= 4 is 18.1 Å². The van der Waals surface area contributed by atoms with E-state index in [1.54, 1.807) is 0 Å². The smallest absolute Gasteiger partial charge is 0.369 e. The van der Waals surface area contributed by atoms with E-state index in [0.29, 0.717) is 5.57 Å². The largest absolute Gasteiger partial charge is 0.382 e. The van der Waals surface area contributed by atoms with Gasteiger partial charge in [0.25, 0.3) is 0 Å². The second-order valence-electron chi connectivity index (χ2n) is 1.63. The molecule has 0 fully saturated rings. The second kappa shape index (κ2) is 2.29. The summed E-state index contributed by atoms with van der Waals surface area (Å²) < 4.78 is 0. The average molecular weight is 135 g/mol. The number of nitrogens with zero attached hydrogens (tertiary/aromatic N) is 2. The zero-order valence-electron chi connectivity index (χ0n) is 5.16. The van der Waals surface area contributed by atoms with Gasteiger partial charge in [0.1, 0.15) is 5.84 Å². The van der Waals surface area contributed by atoms with Gasteiger partial charge in [0.2, 0.25) is 0 Å². The average Bonchev–Trinajstić information content (AvgIpc) is 1.88. The van der Waals surface area contributed by atoms with Crippen molar-refractivity contribution in [2.45, 2.75) is 0 Å². The van der Waals surface area contributed by atoms with E-state index in [1.165, 1.54) is 6.21 Å². The van der Waals surface area contributed by atoms with Crippen LogP contribution in [0.3, 0.4) is 0 Å². The molecule has 1 rings (SSSR count). The quantitative estimate of drug-likeness (QED) is 0.484. The van der Waals surface area contributed by atoms with Crippen LogP contribution in [0.15, 0.2) is 27.9 Å². The number of rotatable bonds is 0. The Balaban J connectivity index is 3.08. The molecule has 10 heavy (non-hydrogen) atoms. The first kappa shape index (κ1) is 6.45. The summed E-state index contributed by atoms with van der Waals surface area (Å²) in [4.78, 5) is 17.1. The molecule has 0 aromatic heterocycles. The lowest BCUT2D eigenvalue weighted by atomic mass is 10.3. The fourth-order valence-corrected chi connectivity index (χ4v) is 0.514. The Labute approximate surface area is 57.5 Å². The van der Waals surface area contributed by atoms with Crippen molar-refractivity contribution in [3.63, 3.8) is 0 Å². The Morgan fingerprint density at radius 3 is 2.90 bits per heavy atom. The minimum Gasteiger partial charge on any atom is -0.382 e. The molecule has 0 unspecified atom stereocenters. The lowest BCUT2D eigenvalue weighted by Gasteiger charge is -1.99. The molecule has 0 aliphatic carbocycles. The molecule has 4 heteroatoms. The molecule has 4 nitrogen and oxygen atoms in total. The van der Waals surface area contributed by atoms with Gasteiger partial charge in [0, 0.05) is 0 Å². The fraction of sp³-hybridized carbons (Fsp3) is 0. The van der Waals surface area contributed by atoms with Gasteiger partial charge >= 0.3 is 6.03 Å². The highest BCUT2D eigenvalue weighted by Gasteiger charge is 2.07. The predicted molar refractivity (Wildman–Crippen MR) is 38.2 cm³/mol. The van der Waals surface area contributed by atoms with Gasteiger partial charge in [-0.05, 0) is 0 Å². The number of carbonyl (C=O) groups excluding carboxylic acids is 1. The van der Waals surface area contributed by atoms with Crippen molar-refractivity contribution < 1.29 is 4.79 Å². The molecular weight excluding hydrogens is 130 g/mol. The van der Waals surface area contributed by atoms with Crippen LogP contribution >= 0.6 is 0 Å². The molecular formula is C6H5N3O. The summed E-state index contributed by atoms with van der Waals surface area (Å²) in [7, 11) is 0. The summed E-state index contributed by atoms with van der Waals surface area (Å²) in [6.07, 6.45) is 1.29. The number of urea groups is 1. The van der Waals surface area contributed by atoms with Gasteiger partial charge in [-0.2, -0.15) is 9.98 Å². The van der Waals surface area contributed by atoms with Crippen molar-refractivity contribution in [3.8, 4) is 0 Å². The van der Waals surface area contributed by atoms with E-state index in [0.717, 1.165) is 0 Å². The number of nitrogens with two attached hydrogens (primary N) is 1. The first-order valence-corrected chi connectivity index (χ1v) is 2.56. The molecule has 2 amide bonds. The Bertz CT molecular complexity index is 281. The normalized spacial score (nSPS) is 16.6. The molecule has 50 valence electrons. The summed E-state index contributed by atoms with van der Waals surface area (Å²) in [5.74, 6) is 0.120. The molecule has 0 saturated heterocycles. The third kappa shape index (κ3) is 1.01. The van der Waals surface area contributed by atoms with Crippen LogP contribution < -0.4 is 5.73 Å². The Hall–Kier alpha value is -1.67. The summed E-state index contributed by atoms with van der Waals surface area (Å²) in [5, 5.41) is 0. The van der Waals surface area contributed by atoms with Gasteiger partial charge in [-0.1, -0.05) is 6.58 Å². The maximum atomic E-state index is 10.4. The van der Waals surface area contributed by atoms with E-state index in [1.807, 2.05) is 0 Å². The van der Waals surface area contributed by atoms with Crippen LogP contribution in [0, 0.1) is 0 Å². The monoisotopic (exact) mass is 135 g/mol. The van der Waals surface area contributed by atoms with Gasteiger partial charge in [-0.15, -0.1) is 5.73 Å². The van der Waals surface area contributed by atoms with E-state index < -0.39 is 6.03 Å². The Morgan fingerprint density at radius 2 is 2.40 bits per heavy atom. The van der Waals surface area contributed by atoms with Crippen molar-refractivity contribution in [1.29, 1.82) is 0 Å². The summed E-state index contributed by atoms with van der Waals surface area (Å²) in [6.45, 7) is 3.33. The molecule has 0 radical (unpaired) electrons. The Kier molecular flexibility index (Phi) is 1.48. The number of carbonyl (C=O) groups is 1. The van der Waals surface area contributed by atoms with Crippen LogP contribution in [0.2, 0.25) is 0 Å². The number of amidine groups is 1. The maximum Gasteiger partial charge on any atom is 0.369 e. The molecule has 0 saturated carbocycles.